The Morgan fingerprint density at radius 1 is 1.38 bits per heavy atom. The van der Waals surface area contributed by atoms with Crippen molar-refractivity contribution in [3.05, 3.63) is 0 Å². The molecule has 3 heteroatoms. The lowest BCUT2D eigenvalue weighted by Crippen LogP contribution is -2.40. The third kappa shape index (κ3) is 3.38. The minimum Gasteiger partial charge on any atom is -0.342 e. The van der Waals surface area contributed by atoms with E-state index >= 15 is 0 Å². The molecule has 1 aliphatic rings. The summed E-state index contributed by atoms with van der Waals surface area (Å²) in [5.41, 5.74) is 0. The van der Waals surface area contributed by atoms with E-state index in [0.29, 0.717) is 5.92 Å². The third-order valence-electron chi connectivity index (χ3n) is 3.70. The fraction of sp³-hybridized carbons (Fsp3) is 0.923. The molecule has 0 aliphatic heterocycles. The first-order chi connectivity index (χ1) is 7.60. The van der Waals surface area contributed by atoms with Crippen molar-refractivity contribution in [2.75, 3.05) is 13.1 Å². The quantitative estimate of drug-likeness (QED) is 0.696. The molecule has 0 N–H and O–H groups in total. The van der Waals surface area contributed by atoms with E-state index in [9.17, 15) is 4.79 Å². The molecule has 0 aromatic rings. The molecule has 0 bridgehead atoms. The van der Waals surface area contributed by atoms with Crippen molar-refractivity contribution in [2.45, 2.75) is 51.8 Å². The van der Waals surface area contributed by atoms with Crippen LogP contribution in [0.25, 0.3) is 0 Å². The van der Waals surface area contributed by atoms with Gasteiger partial charge in [-0.25, -0.2) is 0 Å². The molecule has 0 aromatic carbocycles. The normalized spacial score (nSPS) is 27.5. The Morgan fingerprint density at radius 2 is 2.00 bits per heavy atom. The molecule has 2 nitrogen and oxygen atoms in total. The average molecular weight is 246 g/mol. The standard InChI is InChI=1S/C13H24ClNO/c1-4-15(5-2)13(16)12(14)11-8-6-7-10(3)9-11/h10-12H,4-9H2,1-3H3. The van der Waals surface area contributed by atoms with Gasteiger partial charge in [0.05, 0.1) is 0 Å². The van der Waals surface area contributed by atoms with Crippen LogP contribution >= 0.6 is 11.6 Å². The molecule has 3 atom stereocenters. The van der Waals surface area contributed by atoms with Crippen molar-refractivity contribution in [3.8, 4) is 0 Å². The van der Waals surface area contributed by atoms with Crippen LogP contribution in [0.5, 0.6) is 0 Å². The SMILES string of the molecule is CCN(CC)C(=O)C(Cl)C1CCCC(C)C1. The van der Waals surface area contributed by atoms with E-state index in [1.165, 1.54) is 12.8 Å². The zero-order valence-corrected chi connectivity index (χ0v) is 11.5. The van der Waals surface area contributed by atoms with Gasteiger partial charge in [-0.1, -0.05) is 19.8 Å². The fourth-order valence-electron chi connectivity index (χ4n) is 2.66. The molecule has 1 aliphatic carbocycles. The number of hydrogen-bond donors (Lipinski definition) is 0. The van der Waals surface area contributed by atoms with Crippen molar-refractivity contribution >= 4 is 17.5 Å². The van der Waals surface area contributed by atoms with Gasteiger partial charge in [0, 0.05) is 13.1 Å². The summed E-state index contributed by atoms with van der Waals surface area (Å²) in [6.45, 7) is 7.81. The highest BCUT2D eigenvalue weighted by Crippen LogP contribution is 2.33. The Kier molecular flexibility index (Phi) is 5.60. The number of carbonyl (C=O) groups excluding carboxylic acids is 1. The lowest BCUT2D eigenvalue weighted by molar-refractivity contribution is -0.131. The molecule has 1 rings (SSSR count). The van der Waals surface area contributed by atoms with Gasteiger partial charge in [0.2, 0.25) is 5.91 Å². The van der Waals surface area contributed by atoms with E-state index in [1.807, 2.05) is 18.7 Å². The van der Waals surface area contributed by atoms with Crippen molar-refractivity contribution < 1.29 is 4.79 Å². The lowest BCUT2D eigenvalue weighted by atomic mass is 9.80. The molecule has 16 heavy (non-hydrogen) atoms. The van der Waals surface area contributed by atoms with E-state index in [-0.39, 0.29) is 11.3 Å². The minimum absolute atomic E-state index is 0.130. The predicted molar refractivity (Wildman–Crippen MR) is 68.7 cm³/mol. The zero-order valence-electron chi connectivity index (χ0n) is 10.7. The summed E-state index contributed by atoms with van der Waals surface area (Å²) in [6, 6.07) is 0. The van der Waals surface area contributed by atoms with Crippen LogP contribution in [0.15, 0.2) is 0 Å². The molecule has 0 aromatic heterocycles. The average Bonchev–Trinajstić information content (AvgIpc) is 2.29. The number of rotatable bonds is 4. The van der Waals surface area contributed by atoms with Gasteiger partial charge in [-0.05, 0) is 38.5 Å². The van der Waals surface area contributed by atoms with E-state index in [2.05, 4.69) is 6.92 Å². The van der Waals surface area contributed by atoms with E-state index in [0.717, 1.165) is 31.8 Å². The van der Waals surface area contributed by atoms with Crippen LogP contribution in [-0.4, -0.2) is 29.3 Å². The maximum atomic E-state index is 12.1. The summed E-state index contributed by atoms with van der Waals surface area (Å²) in [5, 5.41) is -0.303. The largest absolute Gasteiger partial charge is 0.342 e. The van der Waals surface area contributed by atoms with Crippen LogP contribution in [0.3, 0.4) is 0 Å². The number of hydrogen-bond acceptors (Lipinski definition) is 1. The van der Waals surface area contributed by atoms with Gasteiger partial charge in [0.25, 0.3) is 0 Å². The van der Waals surface area contributed by atoms with Gasteiger partial charge in [0.1, 0.15) is 5.38 Å². The number of alkyl halides is 1. The predicted octanol–water partition coefficient (Wildman–Crippen LogP) is 3.29. The Morgan fingerprint density at radius 3 is 2.50 bits per heavy atom. The summed E-state index contributed by atoms with van der Waals surface area (Å²) < 4.78 is 0. The molecule has 1 amide bonds. The molecular weight excluding hydrogens is 222 g/mol. The minimum atomic E-state index is -0.303. The van der Waals surface area contributed by atoms with Gasteiger partial charge in [0.15, 0.2) is 0 Å². The van der Waals surface area contributed by atoms with Crippen molar-refractivity contribution in [2.24, 2.45) is 11.8 Å². The first-order valence-electron chi connectivity index (χ1n) is 6.52. The molecule has 0 heterocycles. The van der Waals surface area contributed by atoms with E-state index < -0.39 is 0 Å². The Labute approximate surface area is 104 Å². The van der Waals surface area contributed by atoms with Crippen LogP contribution in [0.1, 0.15) is 46.5 Å². The van der Waals surface area contributed by atoms with E-state index in [4.69, 9.17) is 11.6 Å². The van der Waals surface area contributed by atoms with Gasteiger partial charge in [-0.2, -0.15) is 0 Å². The zero-order chi connectivity index (χ0) is 12.1. The smallest absolute Gasteiger partial charge is 0.240 e. The summed E-state index contributed by atoms with van der Waals surface area (Å²) >= 11 is 6.34. The van der Waals surface area contributed by atoms with Gasteiger partial charge in [-0.3, -0.25) is 4.79 Å². The van der Waals surface area contributed by atoms with Crippen molar-refractivity contribution in [1.29, 1.82) is 0 Å². The Bertz CT molecular complexity index is 228. The topological polar surface area (TPSA) is 20.3 Å². The third-order valence-corrected chi connectivity index (χ3v) is 4.24. The highest BCUT2D eigenvalue weighted by molar-refractivity contribution is 6.30. The van der Waals surface area contributed by atoms with Crippen LogP contribution in [0, 0.1) is 11.8 Å². The number of amides is 1. The highest BCUT2D eigenvalue weighted by atomic mass is 35.5. The van der Waals surface area contributed by atoms with Gasteiger partial charge >= 0.3 is 0 Å². The first kappa shape index (κ1) is 13.8. The molecule has 1 fully saturated rings. The molecule has 0 radical (unpaired) electrons. The van der Waals surface area contributed by atoms with Crippen LogP contribution in [-0.2, 0) is 4.79 Å². The lowest BCUT2D eigenvalue weighted by Gasteiger charge is -2.32. The molecule has 1 saturated carbocycles. The molecule has 3 unspecified atom stereocenters. The van der Waals surface area contributed by atoms with E-state index in [1.54, 1.807) is 0 Å². The van der Waals surface area contributed by atoms with Crippen molar-refractivity contribution in [1.82, 2.24) is 4.90 Å². The van der Waals surface area contributed by atoms with Crippen LogP contribution in [0.4, 0.5) is 0 Å². The van der Waals surface area contributed by atoms with Crippen LogP contribution < -0.4 is 0 Å². The molecule has 0 saturated heterocycles. The molecular formula is C13H24ClNO. The number of halogens is 1. The monoisotopic (exact) mass is 245 g/mol. The maximum absolute atomic E-state index is 12.1. The second kappa shape index (κ2) is 6.48. The van der Waals surface area contributed by atoms with Crippen molar-refractivity contribution in [3.63, 3.8) is 0 Å². The summed E-state index contributed by atoms with van der Waals surface area (Å²) in [5.74, 6) is 1.24. The highest BCUT2D eigenvalue weighted by Gasteiger charge is 2.31. The summed E-state index contributed by atoms with van der Waals surface area (Å²) in [6.07, 6.45) is 4.74. The van der Waals surface area contributed by atoms with Gasteiger partial charge in [-0.15, -0.1) is 11.6 Å². The summed E-state index contributed by atoms with van der Waals surface area (Å²) in [4.78, 5) is 13.9. The second-order valence-corrected chi connectivity index (χ2v) is 5.41. The second-order valence-electron chi connectivity index (χ2n) is 4.94. The number of nitrogens with zero attached hydrogens (tertiary/aromatic N) is 1. The number of carbonyl (C=O) groups is 1. The Balaban J connectivity index is 2.55. The van der Waals surface area contributed by atoms with Crippen LogP contribution in [0.2, 0.25) is 0 Å². The molecule has 94 valence electrons. The maximum Gasteiger partial charge on any atom is 0.240 e. The summed E-state index contributed by atoms with van der Waals surface area (Å²) in [7, 11) is 0. The fourth-order valence-corrected chi connectivity index (χ4v) is 3.03. The Hall–Kier alpha value is -0.240. The molecule has 0 spiro atoms. The first-order valence-corrected chi connectivity index (χ1v) is 6.96. The van der Waals surface area contributed by atoms with Gasteiger partial charge < -0.3 is 4.90 Å².